The van der Waals surface area contributed by atoms with Gasteiger partial charge in [-0.15, -0.1) is 0 Å². The van der Waals surface area contributed by atoms with Gasteiger partial charge in [-0.2, -0.15) is 0 Å². The molecule has 0 atom stereocenters. The lowest BCUT2D eigenvalue weighted by molar-refractivity contribution is -0.159. The lowest BCUT2D eigenvalue weighted by atomic mass is 9.65. The number of hydrogen-bond donors (Lipinski definition) is 0. The summed E-state index contributed by atoms with van der Waals surface area (Å²) in [5.41, 5.74) is -0.0319. The van der Waals surface area contributed by atoms with Gasteiger partial charge in [0, 0.05) is 12.5 Å². The maximum atomic E-state index is 12.6. The second-order valence-corrected chi connectivity index (χ2v) is 6.58. The second kappa shape index (κ2) is 4.72. The van der Waals surface area contributed by atoms with Gasteiger partial charge in [-0.1, -0.05) is 20.3 Å². The lowest BCUT2D eigenvalue weighted by Crippen LogP contribution is -2.50. The smallest absolute Gasteiger partial charge is 0.167 e. The van der Waals surface area contributed by atoms with E-state index in [9.17, 15) is 4.79 Å². The monoisotopic (exact) mass is 238 g/mol. The number of Topliss-reactive ketones (excluding diaryl/α,β-unsaturated/α-hetero) is 1. The minimum absolute atomic E-state index is 0.308. The van der Waals surface area contributed by atoms with Crippen LogP contribution in [0.5, 0.6) is 0 Å². The fourth-order valence-corrected chi connectivity index (χ4v) is 3.11. The Morgan fingerprint density at radius 1 is 1.18 bits per heavy atom. The standard InChI is InChI=1S/C15H26O2/c1-4-17-15(13(16)12-6-5-7-12)10-8-14(2,3)9-11-15/h12H,4-11H2,1-3H3. The molecule has 2 nitrogen and oxygen atoms in total. The molecule has 2 rings (SSSR count). The van der Waals surface area contributed by atoms with Crippen LogP contribution in [0.1, 0.15) is 65.7 Å². The minimum atomic E-state index is -0.421. The molecule has 0 aromatic rings. The first-order valence-corrected chi connectivity index (χ1v) is 7.17. The quantitative estimate of drug-likeness (QED) is 0.746. The Bertz CT molecular complexity index is 279. The van der Waals surface area contributed by atoms with Crippen molar-refractivity contribution in [1.29, 1.82) is 0 Å². The summed E-state index contributed by atoms with van der Waals surface area (Å²) >= 11 is 0. The maximum Gasteiger partial charge on any atom is 0.167 e. The highest BCUT2D eigenvalue weighted by Crippen LogP contribution is 2.45. The van der Waals surface area contributed by atoms with Crippen molar-refractivity contribution in [2.75, 3.05) is 6.61 Å². The van der Waals surface area contributed by atoms with Gasteiger partial charge >= 0.3 is 0 Å². The molecule has 0 unspecified atom stereocenters. The van der Waals surface area contributed by atoms with Crippen molar-refractivity contribution >= 4 is 5.78 Å². The topological polar surface area (TPSA) is 26.3 Å². The van der Waals surface area contributed by atoms with E-state index in [4.69, 9.17) is 4.74 Å². The van der Waals surface area contributed by atoms with Crippen molar-refractivity contribution in [3.63, 3.8) is 0 Å². The van der Waals surface area contributed by atoms with E-state index < -0.39 is 5.60 Å². The predicted octanol–water partition coefficient (Wildman–Crippen LogP) is 3.73. The lowest BCUT2D eigenvalue weighted by Gasteiger charge is -2.44. The van der Waals surface area contributed by atoms with Crippen LogP contribution < -0.4 is 0 Å². The van der Waals surface area contributed by atoms with E-state index >= 15 is 0 Å². The molecule has 0 saturated heterocycles. The third kappa shape index (κ3) is 2.57. The summed E-state index contributed by atoms with van der Waals surface area (Å²) in [5.74, 6) is 0.726. The summed E-state index contributed by atoms with van der Waals surface area (Å²) in [7, 11) is 0. The second-order valence-electron chi connectivity index (χ2n) is 6.58. The molecule has 2 aliphatic rings. The van der Waals surface area contributed by atoms with Crippen LogP contribution in [0.15, 0.2) is 0 Å². The van der Waals surface area contributed by atoms with E-state index in [0.29, 0.717) is 23.7 Å². The molecule has 2 heteroatoms. The first kappa shape index (κ1) is 13.1. The minimum Gasteiger partial charge on any atom is -0.367 e. The molecule has 0 bridgehead atoms. The fraction of sp³-hybridized carbons (Fsp3) is 0.933. The highest BCUT2D eigenvalue weighted by molar-refractivity contribution is 5.90. The third-order valence-corrected chi connectivity index (χ3v) is 4.76. The van der Waals surface area contributed by atoms with Crippen LogP contribution in [0.3, 0.4) is 0 Å². The van der Waals surface area contributed by atoms with Crippen molar-refractivity contribution in [3.05, 3.63) is 0 Å². The summed E-state index contributed by atoms with van der Waals surface area (Å²) in [5, 5.41) is 0. The Labute approximate surface area is 105 Å². The van der Waals surface area contributed by atoms with Gasteiger partial charge in [-0.3, -0.25) is 4.79 Å². The summed E-state index contributed by atoms with van der Waals surface area (Å²) in [6, 6.07) is 0. The van der Waals surface area contributed by atoms with Gasteiger partial charge in [0.1, 0.15) is 5.60 Å². The SMILES string of the molecule is CCOC1(C(=O)C2CCC2)CCC(C)(C)CC1. The number of hydrogen-bond acceptors (Lipinski definition) is 2. The van der Waals surface area contributed by atoms with Gasteiger partial charge in [-0.25, -0.2) is 0 Å². The van der Waals surface area contributed by atoms with E-state index in [1.54, 1.807) is 0 Å². The van der Waals surface area contributed by atoms with E-state index in [2.05, 4.69) is 13.8 Å². The van der Waals surface area contributed by atoms with Crippen LogP contribution in [0.4, 0.5) is 0 Å². The summed E-state index contributed by atoms with van der Waals surface area (Å²) in [4.78, 5) is 12.6. The molecule has 0 aromatic carbocycles. The highest BCUT2D eigenvalue weighted by Gasteiger charge is 2.47. The largest absolute Gasteiger partial charge is 0.367 e. The first-order valence-electron chi connectivity index (χ1n) is 7.17. The summed E-state index contributed by atoms with van der Waals surface area (Å²) in [6.07, 6.45) is 7.52. The maximum absolute atomic E-state index is 12.6. The van der Waals surface area contributed by atoms with Gasteiger partial charge in [0.05, 0.1) is 0 Å². The molecule has 0 aromatic heterocycles. The van der Waals surface area contributed by atoms with E-state index in [0.717, 1.165) is 38.5 Å². The van der Waals surface area contributed by atoms with Crippen LogP contribution >= 0.6 is 0 Å². The molecule has 0 N–H and O–H groups in total. The number of carbonyl (C=O) groups is 1. The van der Waals surface area contributed by atoms with Gasteiger partial charge in [0.15, 0.2) is 5.78 Å². The average molecular weight is 238 g/mol. The summed E-state index contributed by atoms with van der Waals surface area (Å²) in [6.45, 7) is 7.28. The molecule has 98 valence electrons. The molecule has 2 saturated carbocycles. The molecule has 0 amide bonds. The number of ketones is 1. The Kier molecular flexibility index (Phi) is 3.63. The van der Waals surface area contributed by atoms with E-state index in [1.165, 1.54) is 6.42 Å². The third-order valence-electron chi connectivity index (χ3n) is 4.76. The molecular weight excluding hydrogens is 212 g/mol. The van der Waals surface area contributed by atoms with Gasteiger partial charge in [0.2, 0.25) is 0 Å². The van der Waals surface area contributed by atoms with Crippen LogP contribution in [0, 0.1) is 11.3 Å². The van der Waals surface area contributed by atoms with Crippen molar-refractivity contribution in [1.82, 2.24) is 0 Å². The Morgan fingerprint density at radius 3 is 2.18 bits per heavy atom. The van der Waals surface area contributed by atoms with Crippen molar-refractivity contribution in [3.8, 4) is 0 Å². The zero-order valence-corrected chi connectivity index (χ0v) is 11.6. The molecule has 0 spiro atoms. The number of ether oxygens (including phenoxy) is 1. The Hall–Kier alpha value is -0.370. The Morgan fingerprint density at radius 2 is 1.76 bits per heavy atom. The Balaban J connectivity index is 2.07. The molecule has 0 heterocycles. The molecule has 0 radical (unpaired) electrons. The van der Waals surface area contributed by atoms with Gasteiger partial charge in [-0.05, 0) is 50.9 Å². The van der Waals surface area contributed by atoms with Crippen LogP contribution in [-0.2, 0) is 9.53 Å². The van der Waals surface area contributed by atoms with Gasteiger partial charge in [0.25, 0.3) is 0 Å². The van der Waals surface area contributed by atoms with Gasteiger partial charge < -0.3 is 4.74 Å². The zero-order chi connectivity index (χ0) is 12.5. The molecule has 2 aliphatic carbocycles. The highest BCUT2D eigenvalue weighted by atomic mass is 16.5. The molecule has 17 heavy (non-hydrogen) atoms. The van der Waals surface area contributed by atoms with Crippen molar-refractivity contribution < 1.29 is 9.53 Å². The molecule has 2 fully saturated rings. The van der Waals surface area contributed by atoms with Crippen LogP contribution in [0.2, 0.25) is 0 Å². The first-order chi connectivity index (χ1) is 7.99. The van der Waals surface area contributed by atoms with Crippen LogP contribution in [-0.4, -0.2) is 18.0 Å². The molecule has 0 aliphatic heterocycles. The molecular formula is C15H26O2. The fourth-order valence-electron chi connectivity index (χ4n) is 3.11. The van der Waals surface area contributed by atoms with Crippen LogP contribution in [0.25, 0.3) is 0 Å². The zero-order valence-electron chi connectivity index (χ0n) is 11.6. The number of carbonyl (C=O) groups excluding carboxylic acids is 1. The van der Waals surface area contributed by atoms with Crippen molar-refractivity contribution in [2.24, 2.45) is 11.3 Å². The average Bonchev–Trinajstić information content (AvgIpc) is 2.19. The predicted molar refractivity (Wildman–Crippen MR) is 69.0 cm³/mol. The number of rotatable bonds is 4. The van der Waals surface area contributed by atoms with E-state index in [-0.39, 0.29) is 0 Å². The normalized spacial score (nSPS) is 27.5. The van der Waals surface area contributed by atoms with E-state index in [1.807, 2.05) is 6.92 Å². The summed E-state index contributed by atoms with van der Waals surface area (Å²) < 4.78 is 5.93. The van der Waals surface area contributed by atoms with Crippen molar-refractivity contribution in [2.45, 2.75) is 71.3 Å².